The maximum atomic E-state index is 13.1. The van der Waals surface area contributed by atoms with Crippen LogP contribution in [0.4, 0.5) is 0 Å². The molecule has 2 aromatic carbocycles. The van der Waals surface area contributed by atoms with Gasteiger partial charge in [-0.1, -0.05) is 18.2 Å². The normalized spacial score (nSPS) is 14.6. The standard InChI is InChI=1S/C28H26N4O2S/c1-19-5-4-14-32-17-22(29-26(19)32)18-34-23-10-8-21(9-11-23)28(33)31-15-12-20(13-16-31)27-30-24-6-2-3-7-25(24)35-27/h2-11,14,17,20H,12-13,15-16,18H2,1H3. The molecule has 0 aliphatic carbocycles. The molecule has 4 heterocycles. The van der Waals surface area contributed by atoms with E-state index >= 15 is 0 Å². The molecule has 5 aromatic rings. The Labute approximate surface area is 207 Å². The Balaban J connectivity index is 1.05. The summed E-state index contributed by atoms with van der Waals surface area (Å²) in [6.07, 6.45) is 5.87. The van der Waals surface area contributed by atoms with Gasteiger partial charge in [0.15, 0.2) is 0 Å². The van der Waals surface area contributed by atoms with Crippen LogP contribution in [0, 0.1) is 6.92 Å². The molecule has 0 radical (unpaired) electrons. The summed E-state index contributed by atoms with van der Waals surface area (Å²) in [5.41, 5.74) is 4.71. The Morgan fingerprint density at radius 3 is 2.60 bits per heavy atom. The summed E-state index contributed by atoms with van der Waals surface area (Å²) in [7, 11) is 0. The summed E-state index contributed by atoms with van der Waals surface area (Å²) in [6, 6.07) is 19.8. The van der Waals surface area contributed by atoms with E-state index in [9.17, 15) is 4.79 Å². The zero-order valence-electron chi connectivity index (χ0n) is 19.6. The molecule has 35 heavy (non-hydrogen) atoms. The van der Waals surface area contributed by atoms with Crippen LogP contribution in [-0.2, 0) is 6.61 Å². The Kier molecular flexibility index (Phi) is 5.70. The van der Waals surface area contributed by atoms with E-state index in [4.69, 9.17) is 9.72 Å². The number of amides is 1. The third-order valence-electron chi connectivity index (χ3n) is 6.66. The highest BCUT2D eigenvalue weighted by atomic mass is 32.1. The molecule has 0 unspecified atom stereocenters. The zero-order valence-corrected chi connectivity index (χ0v) is 20.4. The summed E-state index contributed by atoms with van der Waals surface area (Å²) in [5.74, 6) is 1.23. The summed E-state index contributed by atoms with van der Waals surface area (Å²) in [4.78, 5) is 24.5. The van der Waals surface area contributed by atoms with Crippen LogP contribution in [0.1, 0.15) is 45.4 Å². The first kappa shape index (κ1) is 21.8. The van der Waals surface area contributed by atoms with Crippen LogP contribution in [0.5, 0.6) is 5.75 Å². The highest BCUT2D eigenvalue weighted by Crippen LogP contribution is 2.34. The Morgan fingerprint density at radius 2 is 1.83 bits per heavy atom. The summed E-state index contributed by atoms with van der Waals surface area (Å²) in [5, 5.41) is 1.19. The number of benzene rings is 2. The Morgan fingerprint density at radius 1 is 1.03 bits per heavy atom. The number of aromatic nitrogens is 3. The van der Waals surface area contributed by atoms with E-state index in [0.29, 0.717) is 18.1 Å². The lowest BCUT2D eigenvalue weighted by Crippen LogP contribution is -2.37. The lowest BCUT2D eigenvalue weighted by molar-refractivity contribution is 0.0713. The average Bonchev–Trinajstić information content (AvgIpc) is 3.52. The quantitative estimate of drug-likeness (QED) is 0.315. The minimum atomic E-state index is 0.0788. The molecule has 1 amide bonds. The first-order chi connectivity index (χ1) is 17.1. The number of carbonyl (C=O) groups excluding carboxylic acids is 1. The number of aryl methyl sites for hydroxylation is 1. The lowest BCUT2D eigenvalue weighted by Gasteiger charge is -2.31. The number of piperidine rings is 1. The molecule has 0 N–H and O–H groups in total. The molecule has 0 bridgehead atoms. The van der Waals surface area contributed by atoms with Crippen molar-refractivity contribution in [3.63, 3.8) is 0 Å². The fraction of sp³-hybridized carbons (Fsp3) is 0.250. The molecule has 0 spiro atoms. The molecule has 6 rings (SSSR count). The molecule has 1 aliphatic rings. The molecule has 3 aromatic heterocycles. The van der Waals surface area contributed by atoms with Gasteiger partial charge in [0.2, 0.25) is 0 Å². The predicted molar refractivity (Wildman–Crippen MR) is 138 cm³/mol. The molecular weight excluding hydrogens is 456 g/mol. The summed E-state index contributed by atoms with van der Waals surface area (Å²) < 4.78 is 9.17. The second-order valence-corrected chi connectivity index (χ2v) is 10.1. The highest BCUT2D eigenvalue weighted by molar-refractivity contribution is 7.18. The Bertz CT molecular complexity index is 1460. The van der Waals surface area contributed by atoms with Crippen LogP contribution in [0.15, 0.2) is 73.1 Å². The van der Waals surface area contributed by atoms with Gasteiger partial charge in [0.1, 0.15) is 18.0 Å². The number of carbonyl (C=O) groups is 1. The van der Waals surface area contributed by atoms with Crippen LogP contribution < -0.4 is 4.74 Å². The van der Waals surface area contributed by atoms with Crippen molar-refractivity contribution >= 4 is 33.1 Å². The van der Waals surface area contributed by atoms with E-state index in [1.807, 2.05) is 71.1 Å². The van der Waals surface area contributed by atoms with E-state index in [1.54, 1.807) is 11.3 Å². The van der Waals surface area contributed by atoms with E-state index in [0.717, 1.165) is 54.1 Å². The molecule has 1 saturated heterocycles. The van der Waals surface area contributed by atoms with Crippen molar-refractivity contribution in [3.05, 3.63) is 94.9 Å². The van der Waals surface area contributed by atoms with Crippen molar-refractivity contribution in [2.24, 2.45) is 0 Å². The first-order valence-corrected chi connectivity index (χ1v) is 12.8. The topological polar surface area (TPSA) is 59.7 Å². The van der Waals surface area contributed by atoms with Gasteiger partial charge in [-0.2, -0.15) is 0 Å². The number of fused-ring (bicyclic) bond motifs is 2. The van der Waals surface area contributed by atoms with Gasteiger partial charge in [0.25, 0.3) is 5.91 Å². The molecule has 6 nitrogen and oxygen atoms in total. The van der Waals surface area contributed by atoms with Crippen LogP contribution in [0.25, 0.3) is 15.9 Å². The van der Waals surface area contributed by atoms with Crippen molar-refractivity contribution in [3.8, 4) is 5.75 Å². The van der Waals surface area contributed by atoms with Gasteiger partial charge < -0.3 is 14.0 Å². The number of rotatable bonds is 5. The van der Waals surface area contributed by atoms with Crippen molar-refractivity contribution in [1.82, 2.24) is 19.3 Å². The van der Waals surface area contributed by atoms with Gasteiger partial charge in [-0.25, -0.2) is 9.97 Å². The highest BCUT2D eigenvalue weighted by Gasteiger charge is 2.26. The van der Waals surface area contributed by atoms with Crippen LogP contribution >= 0.6 is 11.3 Å². The average molecular weight is 483 g/mol. The van der Waals surface area contributed by atoms with Crippen LogP contribution in [0.3, 0.4) is 0 Å². The number of pyridine rings is 1. The molecule has 1 aliphatic heterocycles. The SMILES string of the molecule is Cc1cccn2cc(COc3ccc(C(=O)N4CCC(c5nc6ccccc6s5)CC4)cc3)nc12. The third kappa shape index (κ3) is 4.39. The van der Waals surface area contributed by atoms with Crippen LogP contribution in [0.2, 0.25) is 0 Å². The van der Waals surface area contributed by atoms with Gasteiger partial charge in [0, 0.05) is 37.0 Å². The molecule has 0 saturated carbocycles. The van der Waals surface area contributed by atoms with Gasteiger partial charge in [-0.3, -0.25) is 4.79 Å². The fourth-order valence-electron chi connectivity index (χ4n) is 4.70. The lowest BCUT2D eigenvalue weighted by atomic mass is 9.97. The molecule has 176 valence electrons. The van der Waals surface area contributed by atoms with Crippen molar-refractivity contribution in [2.45, 2.75) is 32.3 Å². The number of likely N-dealkylation sites (tertiary alicyclic amines) is 1. The zero-order chi connectivity index (χ0) is 23.8. The fourth-order valence-corrected chi connectivity index (χ4v) is 5.84. The second-order valence-electron chi connectivity index (χ2n) is 9.05. The van der Waals surface area contributed by atoms with E-state index in [2.05, 4.69) is 23.2 Å². The van der Waals surface area contributed by atoms with Gasteiger partial charge in [-0.05, 0) is 67.8 Å². The first-order valence-electron chi connectivity index (χ1n) is 11.9. The summed E-state index contributed by atoms with van der Waals surface area (Å²) >= 11 is 1.78. The molecule has 0 atom stereocenters. The number of ether oxygens (including phenoxy) is 1. The van der Waals surface area contributed by atoms with E-state index in [1.165, 1.54) is 9.71 Å². The number of nitrogens with zero attached hydrogens (tertiary/aromatic N) is 4. The van der Waals surface area contributed by atoms with Crippen molar-refractivity contribution < 1.29 is 9.53 Å². The van der Waals surface area contributed by atoms with E-state index < -0.39 is 0 Å². The number of hydrogen-bond acceptors (Lipinski definition) is 5. The Hall–Kier alpha value is -3.71. The maximum absolute atomic E-state index is 13.1. The monoisotopic (exact) mass is 482 g/mol. The van der Waals surface area contributed by atoms with Gasteiger partial charge in [0.05, 0.1) is 20.9 Å². The largest absolute Gasteiger partial charge is 0.487 e. The van der Waals surface area contributed by atoms with E-state index in [-0.39, 0.29) is 5.91 Å². The second kappa shape index (κ2) is 9.15. The molecule has 7 heteroatoms. The maximum Gasteiger partial charge on any atom is 0.253 e. The number of para-hydroxylation sites is 1. The van der Waals surface area contributed by atoms with Crippen molar-refractivity contribution in [1.29, 1.82) is 0 Å². The van der Waals surface area contributed by atoms with Gasteiger partial charge in [-0.15, -0.1) is 11.3 Å². The predicted octanol–water partition coefficient (Wildman–Crippen LogP) is 5.85. The van der Waals surface area contributed by atoms with Crippen LogP contribution in [-0.4, -0.2) is 38.3 Å². The van der Waals surface area contributed by atoms with Gasteiger partial charge >= 0.3 is 0 Å². The number of imidazole rings is 1. The van der Waals surface area contributed by atoms with Crippen molar-refractivity contribution in [2.75, 3.05) is 13.1 Å². The smallest absolute Gasteiger partial charge is 0.253 e. The molecule has 1 fully saturated rings. The number of thiazole rings is 1. The number of hydrogen-bond donors (Lipinski definition) is 0. The summed E-state index contributed by atoms with van der Waals surface area (Å²) in [6.45, 7) is 3.94. The third-order valence-corrected chi connectivity index (χ3v) is 7.86. The minimum absolute atomic E-state index is 0.0788. The molecular formula is C28H26N4O2S. The minimum Gasteiger partial charge on any atom is -0.487 e.